The van der Waals surface area contributed by atoms with E-state index in [1.807, 2.05) is 4.90 Å². The molecule has 0 unspecified atom stereocenters. The molecular formula is C23H30N4O2. The van der Waals surface area contributed by atoms with E-state index in [0.717, 1.165) is 30.5 Å². The molecule has 2 fully saturated rings. The monoisotopic (exact) mass is 394 g/mol. The van der Waals surface area contributed by atoms with Gasteiger partial charge in [0.2, 0.25) is 5.91 Å². The molecule has 154 valence electrons. The Morgan fingerprint density at radius 1 is 1.14 bits per heavy atom. The predicted octanol–water partition coefficient (Wildman–Crippen LogP) is 2.45. The van der Waals surface area contributed by atoms with E-state index in [9.17, 15) is 9.90 Å². The molecule has 3 atom stereocenters. The number of carbonyl (C=O) groups excluding carboxylic acids is 1. The molecule has 2 N–H and O–H groups in total. The van der Waals surface area contributed by atoms with E-state index >= 15 is 0 Å². The van der Waals surface area contributed by atoms with E-state index in [1.165, 1.54) is 11.9 Å². The number of aliphatic hydroxyl groups is 1. The molecule has 1 amide bonds. The van der Waals surface area contributed by atoms with Crippen LogP contribution in [0.5, 0.6) is 0 Å². The van der Waals surface area contributed by atoms with Gasteiger partial charge in [-0.3, -0.25) is 4.79 Å². The Balaban J connectivity index is 1.49. The Kier molecular flexibility index (Phi) is 5.92. The van der Waals surface area contributed by atoms with Gasteiger partial charge in [0.1, 0.15) is 6.33 Å². The van der Waals surface area contributed by atoms with Gasteiger partial charge in [-0.15, -0.1) is 0 Å². The van der Waals surface area contributed by atoms with Gasteiger partial charge < -0.3 is 15.3 Å². The molecule has 0 bridgehead atoms. The highest BCUT2D eigenvalue weighted by Gasteiger charge is 2.43. The van der Waals surface area contributed by atoms with Crippen molar-refractivity contribution < 1.29 is 9.90 Å². The minimum atomic E-state index is 0.0304. The summed E-state index contributed by atoms with van der Waals surface area (Å²) in [5.41, 5.74) is 3.25. The summed E-state index contributed by atoms with van der Waals surface area (Å²) in [6.07, 6.45) is 7.19. The van der Waals surface area contributed by atoms with Gasteiger partial charge in [-0.1, -0.05) is 38.1 Å². The Bertz CT molecular complexity index is 821. The first kappa shape index (κ1) is 20.0. The van der Waals surface area contributed by atoms with Gasteiger partial charge in [0.05, 0.1) is 6.61 Å². The second-order valence-electron chi connectivity index (χ2n) is 8.75. The van der Waals surface area contributed by atoms with Crippen LogP contribution in [0.3, 0.4) is 0 Å². The molecule has 2 aliphatic rings. The average molecular weight is 395 g/mol. The molecule has 0 radical (unpaired) electrons. The van der Waals surface area contributed by atoms with Crippen molar-refractivity contribution in [1.82, 2.24) is 20.2 Å². The number of benzene rings is 1. The maximum Gasteiger partial charge on any atom is 0.225 e. The predicted molar refractivity (Wildman–Crippen MR) is 112 cm³/mol. The second-order valence-corrected chi connectivity index (χ2v) is 8.75. The number of aromatic nitrogens is 2. The molecule has 2 aromatic rings. The largest absolute Gasteiger partial charge is 0.395 e. The van der Waals surface area contributed by atoms with E-state index in [2.05, 4.69) is 53.4 Å². The number of carbonyl (C=O) groups is 1. The van der Waals surface area contributed by atoms with E-state index in [1.54, 1.807) is 12.4 Å². The van der Waals surface area contributed by atoms with Crippen LogP contribution in [-0.2, 0) is 4.79 Å². The van der Waals surface area contributed by atoms with Crippen LogP contribution in [0.15, 0.2) is 43.0 Å². The second kappa shape index (κ2) is 8.59. The van der Waals surface area contributed by atoms with Crippen molar-refractivity contribution in [2.75, 3.05) is 19.7 Å². The number of hydrogen-bond donors (Lipinski definition) is 2. The van der Waals surface area contributed by atoms with Crippen molar-refractivity contribution in [2.24, 2.45) is 11.8 Å². The molecule has 1 saturated heterocycles. The number of rotatable bonds is 8. The molecular weight excluding hydrogens is 364 g/mol. The summed E-state index contributed by atoms with van der Waals surface area (Å²) in [7, 11) is 0. The first-order valence-corrected chi connectivity index (χ1v) is 10.6. The third-order valence-electron chi connectivity index (χ3n) is 5.92. The lowest BCUT2D eigenvalue weighted by atomic mass is 9.77. The van der Waals surface area contributed by atoms with Crippen molar-refractivity contribution in [3.8, 4) is 11.1 Å². The third kappa shape index (κ3) is 4.49. The highest BCUT2D eigenvalue weighted by atomic mass is 16.3. The fraction of sp³-hybridized carbons (Fsp3) is 0.522. The minimum Gasteiger partial charge on any atom is -0.395 e. The molecule has 1 aromatic carbocycles. The molecule has 6 nitrogen and oxygen atoms in total. The lowest BCUT2D eigenvalue weighted by molar-refractivity contribution is -0.134. The number of amides is 1. The van der Waals surface area contributed by atoms with Crippen molar-refractivity contribution >= 4 is 5.91 Å². The van der Waals surface area contributed by atoms with Gasteiger partial charge in [0, 0.05) is 55.0 Å². The normalized spacial score (nSPS) is 23.7. The van der Waals surface area contributed by atoms with Crippen LogP contribution in [-0.4, -0.2) is 57.7 Å². The van der Waals surface area contributed by atoms with Crippen LogP contribution in [0, 0.1) is 11.8 Å². The van der Waals surface area contributed by atoms with Gasteiger partial charge in [0.15, 0.2) is 0 Å². The SMILES string of the molecule is CC(C)CN(C[C@H]1N[C@@H](CO)[C@@H]1c1ccc(-c2cncnc2)cc1)C(=O)C1CC1. The maximum absolute atomic E-state index is 12.7. The zero-order valence-corrected chi connectivity index (χ0v) is 17.2. The lowest BCUT2D eigenvalue weighted by Gasteiger charge is -2.48. The zero-order valence-electron chi connectivity index (χ0n) is 17.2. The summed E-state index contributed by atoms with van der Waals surface area (Å²) in [6, 6.07) is 8.61. The van der Waals surface area contributed by atoms with Gasteiger partial charge in [-0.25, -0.2) is 9.97 Å². The number of nitrogens with zero attached hydrogens (tertiary/aromatic N) is 3. The van der Waals surface area contributed by atoms with Crippen molar-refractivity contribution in [3.63, 3.8) is 0 Å². The van der Waals surface area contributed by atoms with Crippen LogP contribution in [0.2, 0.25) is 0 Å². The molecule has 1 aromatic heterocycles. The number of hydrogen-bond acceptors (Lipinski definition) is 5. The fourth-order valence-corrected chi connectivity index (χ4v) is 4.31. The molecule has 1 aliphatic carbocycles. The number of nitrogens with one attached hydrogen (secondary N) is 1. The number of aliphatic hydroxyl groups excluding tert-OH is 1. The molecule has 29 heavy (non-hydrogen) atoms. The van der Waals surface area contributed by atoms with Crippen LogP contribution < -0.4 is 5.32 Å². The molecule has 2 heterocycles. The Hall–Kier alpha value is -2.31. The summed E-state index contributed by atoms with van der Waals surface area (Å²) in [5.74, 6) is 1.17. The molecule has 4 rings (SSSR count). The summed E-state index contributed by atoms with van der Waals surface area (Å²) < 4.78 is 0. The highest BCUT2D eigenvalue weighted by Crippen LogP contribution is 2.36. The van der Waals surface area contributed by atoms with Crippen LogP contribution in [0.1, 0.15) is 38.2 Å². The third-order valence-corrected chi connectivity index (χ3v) is 5.92. The first-order valence-electron chi connectivity index (χ1n) is 10.6. The summed E-state index contributed by atoms with van der Waals surface area (Å²) in [5, 5.41) is 13.3. The quantitative estimate of drug-likeness (QED) is 0.719. The van der Waals surface area contributed by atoms with E-state index in [-0.39, 0.29) is 30.5 Å². The Morgan fingerprint density at radius 3 is 2.41 bits per heavy atom. The van der Waals surface area contributed by atoms with Crippen LogP contribution >= 0.6 is 0 Å². The summed E-state index contributed by atoms with van der Waals surface area (Å²) in [4.78, 5) is 23.0. The van der Waals surface area contributed by atoms with Gasteiger partial charge >= 0.3 is 0 Å². The Morgan fingerprint density at radius 2 is 1.83 bits per heavy atom. The van der Waals surface area contributed by atoms with E-state index < -0.39 is 0 Å². The standard InChI is InChI=1S/C23H30N4O2/c1-15(2)11-27(23(29)18-7-8-18)12-20-22(21(13-28)26-20)17-5-3-16(4-6-17)19-9-24-14-25-10-19/h3-6,9-10,14-15,18,20-22,26,28H,7-8,11-13H2,1-2H3/t20-,21+,22-/m1/s1. The minimum absolute atomic E-state index is 0.0304. The molecule has 1 saturated carbocycles. The lowest BCUT2D eigenvalue weighted by Crippen LogP contribution is -2.65. The summed E-state index contributed by atoms with van der Waals surface area (Å²) >= 11 is 0. The Labute approximate surface area is 172 Å². The summed E-state index contributed by atoms with van der Waals surface area (Å²) in [6.45, 7) is 5.89. The van der Waals surface area contributed by atoms with Crippen molar-refractivity contribution in [2.45, 2.75) is 44.7 Å². The van der Waals surface area contributed by atoms with Crippen molar-refractivity contribution in [1.29, 1.82) is 0 Å². The van der Waals surface area contributed by atoms with Gasteiger partial charge in [0.25, 0.3) is 0 Å². The van der Waals surface area contributed by atoms with E-state index in [4.69, 9.17) is 0 Å². The van der Waals surface area contributed by atoms with Gasteiger partial charge in [-0.2, -0.15) is 0 Å². The van der Waals surface area contributed by atoms with Crippen LogP contribution in [0.25, 0.3) is 11.1 Å². The molecule has 1 aliphatic heterocycles. The smallest absolute Gasteiger partial charge is 0.225 e. The first-order chi connectivity index (χ1) is 14.1. The van der Waals surface area contributed by atoms with Gasteiger partial charge in [-0.05, 0) is 29.9 Å². The average Bonchev–Trinajstić information content (AvgIpc) is 3.55. The fourth-order valence-electron chi connectivity index (χ4n) is 4.31. The maximum atomic E-state index is 12.7. The highest BCUT2D eigenvalue weighted by molar-refractivity contribution is 5.81. The molecule has 6 heteroatoms. The topological polar surface area (TPSA) is 78.3 Å². The van der Waals surface area contributed by atoms with Crippen molar-refractivity contribution in [3.05, 3.63) is 48.5 Å². The molecule has 0 spiro atoms. The zero-order chi connectivity index (χ0) is 20.4. The van der Waals surface area contributed by atoms with Crippen LogP contribution in [0.4, 0.5) is 0 Å². The van der Waals surface area contributed by atoms with E-state index in [0.29, 0.717) is 18.4 Å².